The molecule has 0 saturated carbocycles. The summed E-state index contributed by atoms with van der Waals surface area (Å²) < 4.78 is 25.5. The van der Waals surface area contributed by atoms with Gasteiger partial charge in [-0.15, -0.1) is 0 Å². The van der Waals surface area contributed by atoms with Crippen molar-refractivity contribution in [3.8, 4) is 0 Å². The summed E-state index contributed by atoms with van der Waals surface area (Å²) in [7, 11) is -1.68. The Morgan fingerprint density at radius 1 is 1.27 bits per heavy atom. The summed E-state index contributed by atoms with van der Waals surface area (Å²) >= 11 is 0. The van der Waals surface area contributed by atoms with E-state index in [0.29, 0.717) is 11.4 Å². The molecule has 0 radical (unpaired) electrons. The molecule has 84 valence electrons. The monoisotopic (exact) mass is 227 g/mol. The molecule has 1 rings (SSSR count). The highest BCUT2D eigenvalue weighted by Gasteiger charge is 2.21. The molecular formula is C11H17NO2S. The van der Waals surface area contributed by atoms with Crippen LogP contribution in [0.15, 0.2) is 29.2 Å². The first-order chi connectivity index (χ1) is 7.00. The van der Waals surface area contributed by atoms with Crippen molar-refractivity contribution >= 4 is 10.0 Å². The van der Waals surface area contributed by atoms with E-state index in [0.717, 1.165) is 12.0 Å². The Hall–Kier alpha value is -0.870. The van der Waals surface area contributed by atoms with Crippen LogP contribution >= 0.6 is 0 Å². The van der Waals surface area contributed by atoms with Gasteiger partial charge >= 0.3 is 0 Å². The molecule has 0 N–H and O–H groups in total. The Morgan fingerprint density at radius 3 is 2.40 bits per heavy atom. The zero-order valence-corrected chi connectivity index (χ0v) is 10.2. The minimum atomic E-state index is -3.30. The van der Waals surface area contributed by atoms with Crippen LogP contribution in [-0.4, -0.2) is 26.3 Å². The molecule has 1 aromatic rings. The van der Waals surface area contributed by atoms with Crippen molar-refractivity contribution in [3.05, 3.63) is 29.8 Å². The molecule has 1 aromatic carbocycles. The maximum absolute atomic E-state index is 12.1. The Balaban J connectivity index is 3.12. The van der Waals surface area contributed by atoms with Crippen molar-refractivity contribution in [2.24, 2.45) is 0 Å². The van der Waals surface area contributed by atoms with Crippen LogP contribution < -0.4 is 0 Å². The molecular weight excluding hydrogens is 210 g/mol. The molecule has 15 heavy (non-hydrogen) atoms. The van der Waals surface area contributed by atoms with E-state index in [2.05, 4.69) is 0 Å². The minimum absolute atomic E-state index is 0.404. The van der Waals surface area contributed by atoms with Crippen LogP contribution in [0.2, 0.25) is 0 Å². The first kappa shape index (κ1) is 12.2. The maximum Gasteiger partial charge on any atom is 0.243 e. The number of aryl methyl sites for hydroxylation is 1. The average molecular weight is 227 g/mol. The van der Waals surface area contributed by atoms with Gasteiger partial charge in [-0.25, -0.2) is 12.7 Å². The molecule has 0 atom stereocenters. The van der Waals surface area contributed by atoms with Gasteiger partial charge in [-0.1, -0.05) is 25.1 Å². The molecule has 0 bridgehead atoms. The summed E-state index contributed by atoms with van der Waals surface area (Å²) in [5.41, 5.74) is 0.792. The van der Waals surface area contributed by atoms with Crippen molar-refractivity contribution in [2.45, 2.75) is 25.2 Å². The van der Waals surface area contributed by atoms with E-state index < -0.39 is 10.0 Å². The van der Waals surface area contributed by atoms with E-state index in [4.69, 9.17) is 0 Å². The molecule has 0 aliphatic heterocycles. The Bertz CT molecular complexity index is 426. The molecule has 0 spiro atoms. The minimum Gasteiger partial charge on any atom is -0.207 e. The molecule has 0 saturated heterocycles. The summed E-state index contributed by atoms with van der Waals surface area (Å²) in [6.45, 7) is 4.33. The fraction of sp³-hybridized carbons (Fsp3) is 0.455. The van der Waals surface area contributed by atoms with Gasteiger partial charge in [-0.3, -0.25) is 0 Å². The smallest absolute Gasteiger partial charge is 0.207 e. The third kappa shape index (κ3) is 2.58. The van der Waals surface area contributed by atoms with E-state index in [1.54, 1.807) is 19.2 Å². The highest BCUT2D eigenvalue weighted by molar-refractivity contribution is 7.89. The van der Waals surface area contributed by atoms with Crippen LogP contribution in [0.25, 0.3) is 0 Å². The lowest BCUT2D eigenvalue weighted by molar-refractivity contribution is 0.468. The predicted octanol–water partition coefficient (Wildman–Crippen LogP) is 2.03. The molecule has 3 nitrogen and oxygen atoms in total. The topological polar surface area (TPSA) is 37.4 Å². The molecule has 4 heteroatoms. The second kappa shape index (κ2) is 4.77. The highest BCUT2D eigenvalue weighted by Crippen LogP contribution is 2.18. The van der Waals surface area contributed by atoms with Crippen molar-refractivity contribution in [2.75, 3.05) is 13.6 Å². The number of nitrogens with zero attached hydrogens (tertiary/aromatic N) is 1. The lowest BCUT2D eigenvalue weighted by atomic mass is 10.2. The van der Waals surface area contributed by atoms with E-state index in [-0.39, 0.29) is 0 Å². The van der Waals surface area contributed by atoms with Crippen molar-refractivity contribution in [1.82, 2.24) is 4.31 Å². The summed E-state index contributed by atoms with van der Waals surface area (Å²) in [6.07, 6.45) is 0.821. The van der Waals surface area contributed by atoms with Crippen LogP contribution in [0.3, 0.4) is 0 Å². The van der Waals surface area contributed by atoms with Crippen LogP contribution in [0.1, 0.15) is 18.9 Å². The largest absolute Gasteiger partial charge is 0.243 e. The lowest BCUT2D eigenvalue weighted by Crippen LogP contribution is -2.28. The van der Waals surface area contributed by atoms with Gasteiger partial charge in [0, 0.05) is 13.6 Å². The van der Waals surface area contributed by atoms with Gasteiger partial charge in [0.05, 0.1) is 4.90 Å². The maximum atomic E-state index is 12.1. The summed E-state index contributed by atoms with van der Waals surface area (Å²) in [5, 5.41) is 0. The fourth-order valence-corrected chi connectivity index (χ4v) is 2.93. The Labute approximate surface area is 91.8 Å². The molecule has 0 aliphatic rings. The van der Waals surface area contributed by atoms with Gasteiger partial charge in [0.25, 0.3) is 0 Å². The number of benzene rings is 1. The SMILES string of the molecule is CCCN(C)S(=O)(=O)c1ccccc1C. The third-order valence-corrected chi connectivity index (χ3v) is 4.34. The third-order valence-electron chi connectivity index (χ3n) is 2.32. The Kier molecular flexibility index (Phi) is 3.88. The predicted molar refractivity (Wildman–Crippen MR) is 61.3 cm³/mol. The molecule has 0 aromatic heterocycles. The normalized spacial score (nSPS) is 12.0. The average Bonchev–Trinajstić information content (AvgIpc) is 2.18. The van der Waals surface area contributed by atoms with E-state index >= 15 is 0 Å². The standard InChI is InChI=1S/C11H17NO2S/c1-4-9-12(3)15(13,14)11-8-6-5-7-10(11)2/h5-8H,4,9H2,1-3H3. The summed E-state index contributed by atoms with van der Waals surface area (Å²) in [6, 6.07) is 7.05. The zero-order valence-electron chi connectivity index (χ0n) is 9.40. The summed E-state index contributed by atoms with van der Waals surface area (Å²) in [4.78, 5) is 0.404. The van der Waals surface area contributed by atoms with E-state index in [9.17, 15) is 8.42 Å². The zero-order chi connectivity index (χ0) is 11.5. The van der Waals surface area contributed by atoms with Gasteiger partial charge < -0.3 is 0 Å². The second-order valence-corrected chi connectivity index (χ2v) is 5.61. The van der Waals surface area contributed by atoms with E-state index in [1.807, 2.05) is 26.0 Å². The van der Waals surface area contributed by atoms with Gasteiger partial charge in [-0.05, 0) is 25.0 Å². The summed E-state index contributed by atoms with van der Waals surface area (Å²) in [5.74, 6) is 0. The number of sulfonamides is 1. The van der Waals surface area contributed by atoms with Crippen molar-refractivity contribution in [1.29, 1.82) is 0 Å². The van der Waals surface area contributed by atoms with Crippen LogP contribution in [0, 0.1) is 6.92 Å². The van der Waals surface area contributed by atoms with Crippen LogP contribution in [0.5, 0.6) is 0 Å². The van der Waals surface area contributed by atoms with Crippen molar-refractivity contribution < 1.29 is 8.42 Å². The second-order valence-electron chi connectivity index (χ2n) is 3.59. The van der Waals surface area contributed by atoms with Crippen molar-refractivity contribution in [3.63, 3.8) is 0 Å². The molecule has 0 heterocycles. The van der Waals surface area contributed by atoms with Gasteiger partial charge in [0.2, 0.25) is 10.0 Å². The quantitative estimate of drug-likeness (QED) is 0.789. The molecule has 0 amide bonds. The number of hydrogen-bond donors (Lipinski definition) is 0. The lowest BCUT2D eigenvalue weighted by Gasteiger charge is -2.17. The molecule has 0 fully saturated rings. The fourth-order valence-electron chi connectivity index (χ4n) is 1.45. The van der Waals surface area contributed by atoms with Gasteiger partial charge in [0.1, 0.15) is 0 Å². The highest BCUT2D eigenvalue weighted by atomic mass is 32.2. The van der Waals surface area contributed by atoms with Crippen LogP contribution in [0.4, 0.5) is 0 Å². The van der Waals surface area contributed by atoms with E-state index in [1.165, 1.54) is 4.31 Å². The molecule has 0 aliphatic carbocycles. The number of hydrogen-bond acceptors (Lipinski definition) is 2. The Morgan fingerprint density at radius 2 is 1.87 bits per heavy atom. The van der Waals surface area contributed by atoms with Gasteiger partial charge in [0.15, 0.2) is 0 Å². The first-order valence-corrected chi connectivity index (χ1v) is 6.46. The number of rotatable bonds is 4. The molecule has 0 unspecified atom stereocenters. The first-order valence-electron chi connectivity index (χ1n) is 5.02. The van der Waals surface area contributed by atoms with Gasteiger partial charge in [-0.2, -0.15) is 0 Å². The van der Waals surface area contributed by atoms with Crippen LogP contribution in [-0.2, 0) is 10.0 Å².